The summed E-state index contributed by atoms with van der Waals surface area (Å²) in [6.07, 6.45) is 2.99. The number of rotatable bonds is 5. The van der Waals surface area contributed by atoms with Crippen molar-refractivity contribution in [2.24, 2.45) is 0 Å². The maximum absolute atomic E-state index is 14.6. The van der Waals surface area contributed by atoms with Crippen LogP contribution in [0.25, 0.3) is 20.2 Å². The maximum Gasteiger partial charge on any atom is 0.182 e. The number of hydrogen-bond donors (Lipinski definition) is 0. The molecule has 1 nitrogen and oxygen atoms in total. The minimum absolute atomic E-state index is 0.206. The van der Waals surface area contributed by atoms with Crippen LogP contribution in [0.4, 0.5) is 8.78 Å². The molecule has 114 valence electrons. The van der Waals surface area contributed by atoms with Gasteiger partial charge in [0.2, 0.25) is 0 Å². The molecule has 0 bridgehead atoms. The maximum atomic E-state index is 14.6. The van der Waals surface area contributed by atoms with Crippen LogP contribution in [0.15, 0.2) is 36.9 Å². The second-order valence-electron chi connectivity index (χ2n) is 5.05. The number of hydrogen-bond acceptors (Lipinski definition) is 2. The summed E-state index contributed by atoms with van der Waals surface area (Å²) in [7, 11) is 0. The minimum atomic E-state index is -0.416. The SMILES string of the molecule is C=CCCOc1ccc2c(sc3c(F)c(CC)ccc32)c1F. The second-order valence-corrected chi connectivity index (χ2v) is 6.07. The first-order valence-electron chi connectivity index (χ1n) is 7.23. The largest absolute Gasteiger partial charge is 0.490 e. The molecule has 4 heteroatoms. The molecule has 0 aliphatic rings. The molecule has 0 amide bonds. The summed E-state index contributed by atoms with van der Waals surface area (Å²) in [6, 6.07) is 7.05. The van der Waals surface area contributed by atoms with E-state index in [-0.39, 0.29) is 11.6 Å². The average molecular weight is 318 g/mol. The van der Waals surface area contributed by atoms with Crippen molar-refractivity contribution in [1.82, 2.24) is 0 Å². The van der Waals surface area contributed by atoms with Gasteiger partial charge in [-0.2, -0.15) is 0 Å². The Morgan fingerprint density at radius 1 is 1.09 bits per heavy atom. The Morgan fingerprint density at radius 2 is 1.77 bits per heavy atom. The van der Waals surface area contributed by atoms with Gasteiger partial charge in [0, 0.05) is 10.8 Å². The zero-order valence-electron chi connectivity index (χ0n) is 12.3. The molecule has 1 aromatic heterocycles. The van der Waals surface area contributed by atoms with Gasteiger partial charge in [0.05, 0.1) is 16.0 Å². The average Bonchev–Trinajstić information content (AvgIpc) is 2.91. The molecule has 0 N–H and O–H groups in total. The zero-order valence-corrected chi connectivity index (χ0v) is 13.1. The third kappa shape index (κ3) is 2.37. The van der Waals surface area contributed by atoms with Gasteiger partial charge in [0.1, 0.15) is 5.82 Å². The topological polar surface area (TPSA) is 9.23 Å². The van der Waals surface area contributed by atoms with Gasteiger partial charge < -0.3 is 4.74 Å². The highest BCUT2D eigenvalue weighted by Crippen LogP contribution is 2.40. The second kappa shape index (κ2) is 6.05. The Hall–Kier alpha value is -1.94. The van der Waals surface area contributed by atoms with Crippen molar-refractivity contribution in [2.45, 2.75) is 19.8 Å². The molecule has 0 saturated carbocycles. The summed E-state index contributed by atoms with van der Waals surface area (Å²) < 4.78 is 35.4. The van der Waals surface area contributed by atoms with Crippen molar-refractivity contribution in [3.05, 3.63) is 54.1 Å². The van der Waals surface area contributed by atoms with Crippen molar-refractivity contribution < 1.29 is 13.5 Å². The summed E-state index contributed by atoms with van der Waals surface area (Å²) in [5.41, 5.74) is 0.655. The smallest absolute Gasteiger partial charge is 0.182 e. The van der Waals surface area contributed by atoms with Crippen LogP contribution in [0.3, 0.4) is 0 Å². The number of fused-ring (bicyclic) bond motifs is 3. The molecule has 0 radical (unpaired) electrons. The summed E-state index contributed by atoms with van der Waals surface area (Å²) in [5.74, 6) is -0.452. The van der Waals surface area contributed by atoms with E-state index in [1.807, 2.05) is 13.0 Å². The van der Waals surface area contributed by atoms with Crippen LogP contribution in [0.1, 0.15) is 18.9 Å². The molecular weight excluding hydrogens is 302 g/mol. The fourth-order valence-electron chi connectivity index (χ4n) is 2.50. The summed E-state index contributed by atoms with van der Waals surface area (Å²) in [6.45, 7) is 5.89. The molecule has 3 aromatic rings. The Bertz CT molecular complexity index is 851. The third-order valence-corrected chi connectivity index (χ3v) is 4.90. The summed E-state index contributed by atoms with van der Waals surface area (Å²) >= 11 is 1.15. The molecule has 22 heavy (non-hydrogen) atoms. The van der Waals surface area contributed by atoms with Crippen molar-refractivity contribution in [1.29, 1.82) is 0 Å². The van der Waals surface area contributed by atoms with Gasteiger partial charge >= 0.3 is 0 Å². The normalized spacial score (nSPS) is 11.2. The predicted molar refractivity (Wildman–Crippen MR) is 88.9 cm³/mol. The van der Waals surface area contributed by atoms with Crippen molar-refractivity contribution in [2.75, 3.05) is 6.61 Å². The van der Waals surface area contributed by atoms with Crippen LogP contribution in [-0.4, -0.2) is 6.61 Å². The zero-order chi connectivity index (χ0) is 15.7. The van der Waals surface area contributed by atoms with Gasteiger partial charge in [-0.25, -0.2) is 8.78 Å². The first-order chi connectivity index (χ1) is 10.7. The van der Waals surface area contributed by atoms with Gasteiger partial charge in [-0.15, -0.1) is 17.9 Å². The number of benzene rings is 2. The molecule has 0 aliphatic heterocycles. The number of halogens is 2. The van der Waals surface area contributed by atoms with E-state index in [0.29, 0.717) is 34.4 Å². The van der Waals surface area contributed by atoms with Crippen molar-refractivity contribution >= 4 is 31.5 Å². The minimum Gasteiger partial charge on any atom is -0.490 e. The van der Waals surface area contributed by atoms with E-state index in [4.69, 9.17) is 4.74 Å². The third-order valence-electron chi connectivity index (χ3n) is 3.69. The lowest BCUT2D eigenvalue weighted by Crippen LogP contribution is -1.97. The molecule has 0 unspecified atom stereocenters. The molecule has 3 rings (SSSR count). The van der Waals surface area contributed by atoms with Crippen LogP contribution in [0, 0.1) is 11.6 Å². The van der Waals surface area contributed by atoms with Gasteiger partial charge in [-0.05, 0) is 30.5 Å². The number of aryl methyl sites for hydroxylation is 1. The lowest BCUT2D eigenvalue weighted by Gasteiger charge is -2.06. The van der Waals surface area contributed by atoms with Gasteiger partial charge in [0.25, 0.3) is 0 Å². The highest BCUT2D eigenvalue weighted by molar-refractivity contribution is 7.25. The monoisotopic (exact) mass is 318 g/mol. The van der Waals surface area contributed by atoms with Crippen molar-refractivity contribution in [3.63, 3.8) is 0 Å². The highest BCUT2D eigenvalue weighted by Gasteiger charge is 2.17. The van der Waals surface area contributed by atoms with E-state index in [2.05, 4.69) is 6.58 Å². The Kier molecular flexibility index (Phi) is 4.12. The molecule has 2 aromatic carbocycles. The highest BCUT2D eigenvalue weighted by atomic mass is 32.1. The van der Waals surface area contributed by atoms with Gasteiger partial charge in [-0.3, -0.25) is 0 Å². The number of ether oxygens (including phenoxy) is 1. The summed E-state index contributed by atoms with van der Waals surface area (Å²) in [4.78, 5) is 0. The van der Waals surface area contributed by atoms with E-state index in [1.165, 1.54) is 0 Å². The first kappa shape index (κ1) is 15.0. The van der Waals surface area contributed by atoms with E-state index >= 15 is 0 Å². The molecule has 0 atom stereocenters. The van der Waals surface area contributed by atoms with Crippen LogP contribution in [0.5, 0.6) is 5.75 Å². The van der Waals surface area contributed by atoms with E-state index in [0.717, 1.165) is 22.1 Å². The molecule has 0 fully saturated rings. The molecule has 0 saturated heterocycles. The first-order valence-corrected chi connectivity index (χ1v) is 8.04. The van der Waals surface area contributed by atoms with E-state index in [1.54, 1.807) is 24.3 Å². The summed E-state index contributed by atoms with van der Waals surface area (Å²) in [5, 5.41) is 1.49. The standard InChI is InChI=1S/C18H16F2OS/c1-3-5-10-21-14-9-8-13-12-7-6-11(4-2)15(19)17(12)22-18(13)16(14)20/h3,6-9H,1,4-5,10H2,2H3. The van der Waals surface area contributed by atoms with Crippen LogP contribution in [0.2, 0.25) is 0 Å². The fourth-order valence-corrected chi connectivity index (χ4v) is 3.69. The van der Waals surface area contributed by atoms with Gasteiger partial charge in [-0.1, -0.05) is 25.1 Å². The van der Waals surface area contributed by atoms with Crippen LogP contribution < -0.4 is 4.74 Å². The van der Waals surface area contributed by atoms with Gasteiger partial charge in [0.15, 0.2) is 11.6 Å². The Labute approximate surface area is 131 Å². The number of thiophene rings is 1. The fraction of sp³-hybridized carbons (Fsp3) is 0.222. The van der Waals surface area contributed by atoms with Crippen molar-refractivity contribution in [3.8, 4) is 5.75 Å². The quantitative estimate of drug-likeness (QED) is 0.423. The van der Waals surface area contributed by atoms with E-state index in [9.17, 15) is 8.78 Å². The molecule has 0 aliphatic carbocycles. The predicted octanol–water partition coefficient (Wildman–Crippen LogP) is 5.85. The van der Waals surface area contributed by atoms with Crippen LogP contribution >= 0.6 is 11.3 Å². The lowest BCUT2D eigenvalue weighted by atomic mass is 10.1. The molecule has 1 heterocycles. The molecular formula is C18H16F2OS. The Morgan fingerprint density at radius 3 is 2.45 bits per heavy atom. The van der Waals surface area contributed by atoms with Crippen LogP contribution in [-0.2, 0) is 6.42 Å². The van der Waals surface area contributed by atoms with E-state index < -0.39 is 5.82 Å². The molecule has 0 spiro atoms. The Balaban J connectivity index is 2.16. The lowest BCUT2D eigenvalue weighted by molar-refractivity contribution is 0.309.